The van der Waals surface area contributed by atoms with E-state index in [4.69, 9.17) is 12.2 Å². The van der Waals surface area contributed by atoms with Crippen molar-refractivity contribution in [1.82, 2.24) is 10.6 Å². The Morgan fingerprint density at radius 3 is 2.31 bits per heavy atom. The number of nitro benzene ring substituents is 1. The lowest BCUT2D eigenvalue weighted by atomic mass is 9.90. The monoisotopic (exact) mass is 371 g/mol. The number of rotatable bonds is 4. The van der Waals surface area contributed by atoms with Crippen molar-refractivity contribution in [2.24, 2.45) is 0 Å². The van der Waals surface area contributed by atoms with Gasteiger partial charge < -0.3 is 10.6 Å². The minimum atomic E-state index is -0.567. The van der Waals surface area contributed by atoms with Crippen LogP contribution in [0.1, 0.15) is 24.1 Å². The molecule has 0 aromatic heterocycles. The number of ketones is 1. The molecule has 2 aromatic carbocycles. The van der Waals surface area contributed by atoms with Gasteiger partial charge in [0.1, 0.15) is 5.82 Å². The Morgan fingerprint density at radius 2 is 1.77 bits per heavy atom. The van der Waals surface area contributed by atoms with Gasteiger partial charge in [-0.15, -0.1) is 0 Å². The maximum absolute atomic E-state index is 13.2. The van der Waals surface area contributed by atoms with Crippen molar-refractivity contribution in [3.63, 3.8) is 0 Å². The highest BCUT2D eigenvalue weighted by Crippen LogP contribution is 2.32. The van der Waals surface area contributed by atoms with E-state index in [-0.39, 0.29) is 17.3 Å². The first kappa shape index (κ1) is 17.7. The fraction of sp³-hybridized carbons (Fsp3) is 0.111. The first-order valence-corrected chi connectivity index (χ1v) is 8.10. The third-order valence-corrected chi connectivity index (χ3v) is 4.24. The molecule has 0 saturated carbocycles. The second kappa shape index (κ2) is 7.01. The highest BCUT2D eigenvalue weighted by atomic mass is 32.1. The number of halogens is 1. The molecule has 0 spiro atoms. The van der Waals surface area contributed by atoms with Crippen LogP contribution >= 0.6 is 12.2 Å². The summed E-state index contributed by atoms with van der Waals surface area (Å²) in [6, 6.07) is 11.0. The van der Waals surface area contributed by atoms with Gasteiger partial charge in [-0.25, -0.2) is 4.39 Å². The molecule has 26 heavy (non-hydrogen) atoms. The first-order chi connectivity index (χ1) is 12.4. The molecule has 1 heterocycles. The van der Waals surface area contributed by atoms with Crippen LogP contribution in [0.2, 0.25) is 0 Å². The second-order valence-corrected chi connectivity index (χ2v) is 6.14. The van der Waals surface area contributed by atoms with E-state index in [0.717, 1.165) is 0 Å². The van der Waals surface area contributed by atoms with E-state index < -0.39 is 11.0 Å². The second-order valence-electron chi connectivity index (χ2n) is 5.73. The maximum Gasteiger partial charge on any atom is 0.269 e. The van der Waals surface area contributed by atoms with Gasteiger partial charge in [0.05, 0.1) is 16.7 Å². The van der Waals surface area contributed by atoms with Crippen LogP contribution in [0.4, 0.5) is 10.1 Å². The smallest absolute Gasteiger partial charge is 0.269 e. The SMILES string of the molecule is CC(=O)C1=C(c2ccc(F)cc2)NC(=S)N[C@@H]1c1ccc([N+](=O)[O-])cc1. The molecule has 1 aliphatic rings. The number of thiocarbonyl (C=S) groups is 1. The summed E-state index contributed by atoms with van der Waals surface area (Å²) in [5.41, 5.74) is 2.14. The molecule has 0 amide bonds. The number of carbonyl (C=O) groups excluding carboxylic acids is 1. The van der Waals surface area contributed by atoms with Crippen LogP contribution in [0.3, 0.4) is 0 Å². The standard InChI is InChI=1S/C18H14FN3O3S/c1-10(23)15-16(11-2-6-13(19)7-3-11)20-18(26)21-17(15)12-4-8-14(9-5-12)22(24)25/h2-9,17H,1H3,(H2,20,21,26)/t17-/m1/s1. The van der Waals surface area contributed by atoms with E-state index in [2.05, 4.69) is 10.6 Å². The zero-order valence-electron chi connectivity index (χ0n) is 13.7. The Labute approximate surface area is 153 Å². The highest BCUT2D eigenvalue weighted by Gasteiger charge is 2.30. The molecule has 2 N–H and O–H groups in total. The van der Waals surface area contributed by atoms with Gasteiger partial charge >= 0.3 is 0 Å². The topological polar surface area (TPSA) is 84.3 Å². The zero-order valence-corrected chi connectivity index (χ0v) is 14.5. The molecule has 3 rings (SSSR count). The Balaban J connectivity index is 2.12. The van der Waals surface area contributed by atoms with Gasteiger partial charge in [0.25, 0.3) is 5.69 Å². The average Bonchev–Trinajstić information content (AvgIpc) is 2.61. The average molecular weight is 371 g/mol. The van der Waals surface area contributed by atoms with Crippen LogP contribution in [0, 0.1) is 15.9 Å². The fourth-order valence-electron chi connectivity index (χ4n) is 2.83. The van der Waals surface area contributed by atoms with Crippen molar-refractivity contribution < 1.29 is 14.1 Å². The largest absolute Gasteiger partial charge is 0.351 e. The van der Waals surface area contributed by atoms with Crippen molar-refractivity contribution in [3.8, 4) is 0 Å². The molecular weight excluding hydrogens is 357 g/mol. The van der Waals surface area contributed by atoms with E-state index in [0.29, 0.717) is 27.5 Å². The summed E-state index contributed by atoms with van der Waals surface area (Å²) in [4.78, 5) is 22.7. The number of non-ortho nitro benzene ring substituents is 1. The Hall–Kier alpha value is -3.13. The van der Waals surface area contributed by atoms with Gasteiger partial charge in [0, 0.05) is 17.7 Å². The lowest BCUT2D eigenvalue weighted by Crippen LogP contribution is -2.44. The maximum atomic E-state index is 13.2. The summed E-state index contributed by atoms with van der Waals surface area (Å²) in [5.74, 6) is -0.586. The number of hydrogen-bond donors (Lipinski definition) is 2. The van der Waals surface area contributed by atoms with Gasteiger partial charge in [-0.1, -0.05) is 0 Å². The van der Waals surface area contributed by atoms with E-state index in [1.54, 1.807) is 24.3 Å². The molecule has 8 heteroatoms. The Morgan fingerprint density at radius 1 is 1.15 bits per heavy atom. The van der Waals surface area contributed by atoms with Crippen LogP contribution < -0.4 is 10.6 Å². The molecule has 0 aliphatic carbocycles. The van der Waals surface area contributed by atoms with Crippen molar-refractivity contribution in [1.29, 1.82) is 0 Å². The van der Waals surface area contributed by atoms with Crippen molar-refractivity contribution in [2.75, 3.05) is 0 Å². The van der Waals surface area contributed by atoms with Gasteiger partial charge in [-0.3, -0.25) is 14.9 Å². The number of hydrogen-bond acceptors (Lipinski definition) is 4. The van der Waals surface area contributed by atoms with Crippen molar-refractivity contribution in [2.45, 2.75) is 13.0 Å². The number of benzene rings is 2. The van der Waals surface area contributed by atoms with Gasteiger partial charge in [0.2, 0.25) is 0 Å². The van der Waals surface area contributed by atoms with Gasteiger partial charge in [0.15, 0.2) is 10.9 Å². The number of nitro groups is 1. The van der Waals surface area contributed by atoms with Crippen LogP contribution in [-0.4, -0.2) is 15.8 Å². The normalized spacial score (nSPS) is 16.7. The van der Waals surface area contributed by atoms with E-state index in [9.17, 15) is 19.3 Å². The van der Waals surface area contributed by atoms with Crippen molar-refractivity contribution in [3.05, 3.63) is 81.2 Å². The Kier molecular flexibility index (Phi) is 4.77. The molecule has 0 saturated heterocycles. The molecule has 132 valence electrons. The summed E-state index contributed by atoms with van der Waals surface area (Å²) in [7, 11) is 0. The lowest BCUT2D eigenvalue weighted by Gasteiger charge is -2.31. The Bertz CT molecular complexity index is 924. The predicted molar refractivity (Wildman–Crippen MR) is 98.7 cm³/mol. The molecule has 0 fully saturated rings. The lowest BCUT2D eigenvalue weighted by molar-refractivity contribution is -0.384. The zero-order chi connectivity index (χ0) is 18.8. The molecular formula is C18H14FN3O3S. The summed E-state index contributed by atoms with van der Waals surface area (Å²) in [6.45, 7) is 1.43. The molecule has 1 atom stereocenters. The van der Waals surface area contributed by atoms with Gasteiger partial charge in [-0.2, -0.15) is 0 Å². The summed E-state index contributed by atoms with van der Waals surface area (Å²) in [6.07, 6.45) is 0. The summed E-state index contributed by atoms with van der Waals surface area (Å²) >= 11 is 5.24. The molecule has 0 bridgehead atoms. The quantitative estimate of drug-likeness (QED) is 0.488. The third kappa shape index (κ3) is 3.45. The molecule has 2 aromatic rings. The predicted octanol–water partition coefficient (Wildman–Crippen LogP) is 3.25. The number of nitrogens with zero attached hydrogens (tertiary/aromatic N) is 1. The van der Waals surface area contributed by atoms with Crippen LogP contribution in [0.15, 0.2) is 54.1 Å². The van der Waals surface area contributed by atoms with Crippen LogP contribution in [0.25, 0.3) is 5.70 Å². The molecule has 0 unspecified atom stereocenters. The van der Waals surface area contributed by atoms with Gasteiger partial charge in [-0.05, 0) is 66.7 Å². The van der Waals surface area contributed by atoms with Crippen LogP contribution in [0.5, 0.6) is 0 Å². The molecule has 6 nitrogen and oxygen atoms in total. The summed E-state index contributed by atoms with van der Waals surface area (Å²) in [5, 5.41) is 17.1. The van der Waals surface area contributed by atoms with Crippen LogP contribution in [-0.2, 0) is 4.79 Å². The minimum Gasteiger partial charge on any atom is -0.351 e. The summed E-state index contributed by atoms with van der Waals surface area (Å²) < 4.78 is 13.2. The number of Topliss-reactive ketones (excluding diaryl/α,β-unsaturated/α-hetero) is 1. The highest BCUT2D eigenvalue weighted by molar-refractivity contribution is 7.80. The number of nitrogens with one attached hydrogen (secondary N) is 2. The first-order valence-electron chi connectivity index (χ1n) is 7.69. The third-order valence-electron chi connectivity index (χ3n) is 4.02. The minimum absolute atomic E-state index is 0.0441. The molecule has 1 aliphatic heterocycles. The van der Waals surface area contributed by atoms with Crippen molar-refractivity contribution >= 4 is 34.5 Å². The van der Waals surface area contributed by atoms with E-state index >= 15 is 0 Å². The molecule has 0 radical (unpaired) electrons. The fourth-order valence-corrected chi connectivity index (χ4v) is 3.05. The van der Waals surface area contributed by atoms with E-state index in [1.807, 2.05) is 0 Å². The number of carbonyl (C=O) groups is 1. The van der Waals surface area contributed by atoms with E-state index in [1.165, 1.54) is 31.2 Å².